The van der Waals surface area contributed by atoms with Crippen molar-refractivity contribution in [3.63, 3.8) is 0 Å². The Balaban J connectivity index is 1.43. The van der Waals surface area contributed by atoms with Crippen LogP contribution in [0, 0.1) is 11.6 Å². The molecule has 1 saturated carbocycles. The van der Waals surface area contributed by atoms with Crippen LogP contribution in [0.5, 0.6) is 0 Å². The first kappa shape index (κ1) is 20.2. The van der Waals surface area contributed by atoms with Gasteiger partial charge in [-0.05, 0) is 43.2 Å². The van der Waals surface area contributed by atoms with Gasteiger partial charge in [0.1, 0.15) is 5.82 Å². The van der Waals surface area contributed by atoms with E-state index >= 15 is 0 Å². The molecule has 5 rings (SSSR count). The zero-order valence-corrected chi connectivity index (χ0v) is 17.3. The number of carbonyl (C=O) groups is 1. The highest BCUT2D eigenvalue weighted by Crippen LogP contribution is 2.35. The van der Waals surface area contributed by atoms with E-state index in [4.69, 9.17) is 0 Å². The molecule has 1 aliphatic heterocycles. The Labute approximate surface area is 183 Å². The van der Waals surface area contributed by atoms with Crippen molar-refractivity contribution in [3.8, 4) is 11.3 Å². The number of aliphatic imine (C=N–C) groups is 1. The number of nitrogens with zero attached hydrogens (tertiary/aromatic N) is 4. The van der Waals surface area contributed by atoms with Crippen LogP contribution in [0.25, 0.3) is 11.3 Å². The van der Waals surface area contributed by atoms with Crippen LogP contribution in [-0.2, 0) is 4.79 Å². The molecule has 0 radical (unpaired) electrons. The fourth-order valence-corrected chi connectivity index (χ4v) is 4.32. The number of hydrogen-bond donors (Lipinski definition) is 1. The van der Waals surface area contributed by atoms with Crippen molar-refractivity contribution < 1.29 is 13.6 Å². The Morgan fingerprint density at radius 3 is 2.62 bits per heavy atom. The number of rotatable bonds is 5. The van der Waals surface area contributed by atoms with E-state index in [0.717, 1.165) is 43.1 Å². The zero-order valence-electron chi connectivity index (χ0n) is 17.3. The summed E-state index contributed by atoms with van der Waals surface area (Å²) >= 11 is 0. The van der Waals surface area contributed by atoms with Crippen molar-refractivity contribution in [2.75, 3.05) is 5.32 Å². The van der Waals surface area contributed by atoms with Gasteiger partial charge < -0.3 is 9.88 Å². The first-order valence-electron chi connectivity index (χ1n) is 10.6. The predicted molar refractivity (Wildman–Crippen MR) is 117 cm³/mol. The summed E-state index contributed by atoms with van der Waals surface area (Å²) in [7, 11) is 0. The molecule has 6 nitrogen and oxygen atoms in total. The lowest BCUT2D eigenvalue weighted by atomic mass is 10.0. The maximum atomic E-state index is 13.9. The smallest absolute Gasteiger partial charge is 0.253 e. The summed E-state index contributed by atoms with van der Waals surface area (Å²) in [4.78, 5) is 25.6. The molecule has 1 fully saturated rings. The monoisotopic (exact) mass is 433 g/mol. The number of nitrogens with one attached hydrogen (secondary N) is 1. The number of halogens is 2. The second kappa shape index (κ2) is 8.45. The normalized spacial score (nSPS) is 16.2. The van der Waals surface area contributed by atoms with Crippen LogP contribution < -0.4 is 5.32 Å². The van der Waals surface area contributed by atoms with E-state index in [1.165, 1.54) is 30.6 Å². The maximum absolute atomic E-state index is 13.9. The van der Waals surface area contributed by atoms with Crippen LogP contribution in [0.2, 0.25) is 0 Å². The SMILES string of the molecule is O=C(Nc1ccncc1F)C1=CN=C(c2c(-c3ccc(F)cc3)ncn2C2CCCC2)C1. The lowest BCUT2D eigenvalue weighted by Gasteiger charge is -2.17. The number of carbonyl (C=O) groups excluding carboxylic acids is 1. The molecule has 1 aliphatic carbocycles. The first-order valence-corrected chi connectivity index (χ1v) is 10.6. The van der Waals surface area contributed by atoms with Gasteiger partial charge in [0.05, 0.1) is 35.3 Å². The molecule has 0 bridgehead atoms. The molecule has 0 unspecified atom stereocenters. The van der Waals surface area contributed by atoms with Gasteiger partial charge in [0.25, 0.3) is 5.91 Å². The minimum Gasteiger partial charge on any atom is -0.326 e. The van der Waals surface area contributed by atoms with E-state index in [9.17, 15) is 13.6 Å². The van der Waals surface area contributed by atoms with Gasteiger partial charge in [-0.25, -0.2) is 13.8 Å². The van der Waals surface area contributed by atoms with E-state index in [-0.39, 0.29) is 11.5 Å². The summed E-state index contributed by atoms with van der Waals surface area (Å²) < 4.78 is 29.5. The number of imidazole rings is 1. The molecule has 1 N–H and O–H groups in total. The van der Waals surface area contributed by atoms with Crippen molar-refractivity contribution in [2.45, 2.75) is 38.1 Å². The fourth-order valence-electron chi connectivity index (χ4n) is 4.32. The Morgan fingerprint density at radius 1 is 1.09 bits per heavy atom. The van der Waals surface area contributed by atoms with E-state index in [1.807, 2.05) is 6.33 Å². The molecule has 2 aliphatic rings. The van der Waals surface area contributed by atoms with E-state index in [2.05, 4.69) is 24.8 Å². The fraction of sp³-hybridized carbons (Fsp3) is 0.250. The van der Waals surface area contributed by atoms with Crippen molar-refractivity contribution in [3.05, 3.63) is 78.2 Å². The maximum Gasteiger partial charge on any atom is 0.253 e. The van der Waals surface area contributed by atoms with Gasteiger partial charge in [-0.3, -0.25) is 14.8 Å². The average molecular weight is 433 g/mol. The van der Waals surface area contributed by atoms with Crippen LogP contribution in [0.3, 0.4) is 0 Å². The average Bonchev–Trinajstić information content (AvgIpc) is 3.55. The molecular formula is C24H21F2N5O. The molecule has 0 saturated heterocycles. The zero-order chi connectivity index (χ0) is 22.1. The molecule has 2 aromatic heterocycles. The first-order chi connectivity index (χ1) is 15.6. The lowest BCUT2D eigenvalue weighted by Crippen LogP contribution is -2.18. The van der Waals surface area contributed by atoms with Crippen LogP contribution in [0.15, 0.2) is 65.8 Å². The number of amides is 1. The standard InChI is InChI=1S/C24H21F2N5O/c25-17-7-5-15(6-8-17)22-23(31(14-29-22)18-3-1-2-4-18)21-11-16(12-28-21)24(32)30-20-9-10-27-13-19(20)26/h5-10,12-14,18H,1-4,11H2,(H,27,30,32). The topological polar surface area (TPSA) is 72.2 Å². The summed E-state index contributed by atoms with van der Waals surface area (Å²) in [6.07, 6.45) is 10.5. The Kier molecular flexibility index (Phi) is 5.34. The Hall–Kier alpha value is -3.68. The molecule has 3 heterocycles. The van der Waals surface area contributed by atoms with Gasteiger partial charge in [0.2, 0.25) is 0 Å². The van der Waals surface area contributed by atoms with Crippen LogP contribution >= 0.6 is 0 Å². The molecule has 0 atom stereocenters. The van der Waals surface area contributed by atoms with Gasteiger partial charge in [-0.15, -0.1) is 0 Å². The predicted octanol–water partition coefficient (Wildman–Crippen LogP) is 5.05. The molecule has 3 aromatic rings. The van der Waals surface area contributed by atoms with Gasteiger partial charge in [0.15, 0.2) is 5.82 Å². The third-order valence-corrected chi connectivity index (χ3v) is 5.95. The number of benzene rings is 1. The molecule has 8 heteroatoms. The van der Waals surface area contributed by atoms with Gasteiger partial charge in [-0.2, -0.15) is 0 Å². The van der Waals surface area contributed by atoms with Gasteiger partial charge in [0, 0.05) is 36.0 Å². The molecule has 162 valence electrons. The van der Waals surface area contributed by atoms with Crippen molar-refractivity contribution >= 4 is 17.3 Å². The van der Waals surface area contributed by atoms with Crippen LogP contribution in [0.4, 0.5) is 14.5 Å². The lowest BCUT2D eigenvalue weighted by molar-refractivity contribution is -0.112. The Bertz CT molecular complexity index is 1220. The summed E-state index contributed by atoms with van der Waals surface area (Å²) in [5.74, 6) is -1.32. The highest BCUT2D eigenvalue weighted by Gasteiger charge is 2.28. The summed E-state index contributed by atoms with van der Waals surface area (Å²) in [6, 6.07) is 7.94. The molecule has 32 heavy (non-hydrogen) atoms. The minimum absolute atomic E-state index is 0.0716. The second-order valence-electron chi connectivity index (χ2n) is 8.01. The minimum atomic E-state index is -0.599. The van der Waals surface area contributed by atoms with Crippen molar-refractivity contribution in [1.29, 1.82) is 0 Å². The molecule has 1 aromatic carbocycles. The number of hydrogen-bond acceptors (Lipinski definition) is 4. The van der Waals surface area contributed by atoms with E-state index in [0.29, 0.717) is 29.4 Å². The third kappa shape index (κ3) is 3.84. The van der Waals surface area contributed by atoms with Crippen molar-refractivity contribution in [2.24, 2.45) is 4.99 Å². The highest BCUT2D eigenvalue weighted by atomic mass is 19.1. The summed E-state index contributed by atoms with van der Waals surface area (Å²) in [6.45, 7) is 0. The summed E-state index contributed by atoms with van der Waals surface area (Å²) in [5.41, 5.74) is 3.57. The molecule has 0 spiro atoms. The number of aromatic nitrogens is 3. The number of pyridine rings is 1. The Morgan fingerprint density at radius 2 is 1.88 bits per heavy atom. The largest absolute Gasteiger partial charge is 0.326 e. The van der Waals surface area contributed by atoms with Crippen molar-refractivity contribution in [1.82, 2.24) is 14.5 Å². The van der Waals surface area contributed by atoms with Gasteiger partial charge in [-0.1, -0.05) is 12.8 Å². The van der Waals surface area contributed by atoms with Gasteiger partial charge >= 0.3 is 0 Å². The van der Waals surface area contributed by atoms with E-state index in [1.54, 1.807) is 12.1 Å². The second-order valence-corrected chi connectivity index (χ2v) is 8.01. The summed E-state index contributed by atoms with van der Waals surface area (Å²) in [5, 5.41) is 2.58. The quantitative estimate of drug-likeness (QED) is 0.612. The van der Waals surface area contributed by atoms with Crippen LogP contribution in [0.1, 0.15) is 43.8 Å². The van der Waals surface area contributed by atoms with E-state index < -0.39 is 11.7 Å². The van der Waals surface area contributed by atoms with Crippen LogP contribution in [-0.4, -0.2) is 26.2 Å². The third-order valence-electron chi connectivity index (χ3n) is 5.95. The highest BCUT2D eigenvalue weighted by molar-refractivity contribution is 6.14. The molecule has 1 amide bonds. The number of anilines is 1. The molecular weight excluding hydrogens is 412 g/mol.